The third kappa shape index (κ3) is 3.77. The zero-order valence-electron chi connectivity index (χ0n) is 15.2. The molecule has 3 nitrogen and oxygen atoms in total. The standard InChI is InChI=1S/C23H23NO2/c1-3-24(4-2)23(25)26-22-20(18-12-7-5-8-13-18)16-11-17-21(22)19-14-9-6-10-15-19/h5-17H,3-4H2,1-2H3. The summed E-state index contributed by atoms with van der Waals surface area (Å²) >= 11 is 0. The summed E-state index contributed by atoms with van der Waals surface area (Å²) < 4.78 is 5.92. The number of ether oxygens (including phenoxy) is 1. The number of carbonyl (C=O) groups excluding carboxylic acids is 1. The lowest BCUT2D eigenvalue weighted by molar-refractivity contribution is 0.157. The average molecular weight is 345 g/mol. The third-order valence-electron chi connectivity index (χ3n) is 4.40. The quantitative estimate of drug-likeness (QED) is 0.579. The maximum atomic E-state index is 12.6. The highest BCUT2D eigenvalue weighted by Crippen LogP contribution is 2.39. The maximum absolute atomic E-state index is 12.6. The fourth-order valence-electron chi connectivity index (χ4n) is 2.97. The Kier molecular flexibility index (Phi) is 5.69. The van der Waals surface area contributed by atoms with Gasteiger partial charge in [0.05, 0.1) is 0 Å². The minimum Gasteiger partial charge on any atom is -0.409 e. The van der Waals surface area contributed by atoms with Crippen LogP contribution in [0, 0.1) is 0 Å². The lowest BCUT2D eigenvalue weighted by Crippen LogP contribution is -2.33. The van der Waals surface area contributed by atoms with E-state index in [9.17, 15) is 4.79 Å². The van der Waals surface area contributed by atoms with E-state index in [1.165, 1.54) is 0 Å². The molecule has 0 N–H and O–H groups in total. The van der Waals surface area contributed by atoms with E-state index in [0.29, 0.717) is 18.8 Å². The normalized spacial score (nSPS) is 10.4. The summed E-state index contributed by atoms with van der Waals surface area (Å²) in [6, 6.07) is 26.0. The molecular formula is C23H23NO2. The average Bonchev–Trinajstić information content (AvgIpc) is 2.70. The van der Waals surface area contributed by atoms with Crippen LogP contribution < -0.4 is 4.74 Å². The van der Waals surface area contributed by atoms with E-state index in [1.54, 1.807) is 4.90 Å². The van der Waals surface area contributed by atoms with Crippen LogP contribution in [0.3, 0.4) is 0 Å². The van der Waals surface area contributed by atoms with Crippen LogP contribution in [0.2, 0.25) is 0 Å². The molecule has 0 radical (unpaired) electrons. The predicted molar refractivity (Wildman–Crippen MR) is 106 cm³/mol. The lowest BCUT2D eigenvalue weighted by Gasteiger charge is -2.21. The number of para-hydroxylation sites is 1. The van der Waals surface area contributed by atoms with Gasteiger partial charge in [-0.25, -0.2) is 4.79 Å². The first-order valence-electron chi connectivity index (χ1n) is 8.95. The first kappa shape index (κ1) is 17.7. The Morgan fingerprint density at radius 3 is 1.62 bits per heavy atom. The number of hydrogen-bond donors (Lipinski definition) is 0. The Bertz CT molecular complexity index is 798. The fraction of sp³-hybridized carbons (Fsp3) is 0.174. The van der Waals surface area contributed by atoms with E-state index in [-0.39, 0.29) is 6.09 Å². The van der Waals surface area contributed by atoms with E-state index in [0.717, 1.165) is 22.3 Å². The second-order valence-electron chi connectivity index (χ2n) is 5.95. The molecule has 0 unspecified atom stereocenters. The largest absolute Gasteiger partial charge is 0.415 e. The highest BCUT2D eigenvalue weighted by atomic mass is 16.6. The molecule has 0 aliphatic rings. The molecule has 0 saturated carbocycles. The van der Waals surface area contributed by atoms with Gasteiger partial charge in [-0.05, 0) is 25.0 Å². The van der Waals surface area contributed by atoms with Gasteiger partial charge in [0.2, 0.25) is 0 Å². The minimum absolute atomic E-state index is 0.324. The Morgan fingerprint density at radius 1 is 0.731 bits per heavy atom. The van der Waals surface area contributed by atoms with Crippen molar-refractivity contribution in [2.45, 2.75) is 13.8 Å². The molecule has 0 bridgehead atoms. The molecule has 0 saturated heterocycles. The number of hydrogen-bond acceptors (Lipinski definition) is 2. The first-order valence-corrected chi connectivity index (χ1v) is 8.95. The van der Waals surface area contributed by atoms with Crippen molar-refractivity contribution in [2.75, 3.05) is 13.1 Å². The van der Waals surface area contributed by atoms with Crippen molar-refractivity contribution in [1.29, 1.82) is 0 Å². The van der Waals surface area contributed by atoms with Crippen LogP contribution in [0.5, 0.6) is 5.75 Å². The molecule has 1 amide bonds. The molecular weight excluding hydrogens is 322 g/mol. The number of nitrogens with zero attached hydrogens (tertiary/aromatic N) is 1. The van der Waals surface area contributed by atoms with Gasteiger partial charge in [0.15, 0.2) is 0 Å². The van der Waals surface area contributed by atoms with Crippen molar-refractivity contribution >= 4 is 6.09 Å². The second kappa shape index (κ2) is 8.34. The predicted octanol–water partition coefficient (Wildman–Crippen LogP) is 5.86. The van der Waals surface area contributed by atoms with Crippen molar-refractivity contribution in [3.63, 3.8) is 0 Å². The zero-order valence-corrected chi connectivity index (χ0v) is 15.2. The van der Waals surface area contributed by atoms with E-state index in [2.05, 4.69) is 0 Å². The molecule has 3 rings (SSSR count). The number of amides is 1. The zero-order chi connectivity index (χ0) is 18.4. The molecule has 0 aromatic heterocycles. The Balaban J connectivity index is 2.12. The molecule has 26 heavy (non-hydrogen) atoms. The van der Waals surface area contributed by atoms with Crippen molar-refractivity contribution in [3.8, 4) is 28.0 Å². The van der Waals surface area contributed by atoms with Gasteiger partial charge in [-0.3, -0.25) is 0 Å². The van der Waals surface area contributed by atoms with Gasteiger partial charge in [-0.2, -0.15) is 0 Å². The van der Waals surface area contributed by atoms with Crippen LogP contribution in [0.25, 0.3) is 22.3 Å². The van der Waals surface area contributed by atoms with Gasteiger partial charge < -0.3 is 9.64 Å². The SMILES string of the molecule is CCN(CC)C(=O)Oc1c(-c2ccccc2)cccc1-c1ccccc1. The monoisotopic (exact) mass is 345 g/mol. The molecule has 0 spiro atoms. The lowest BCUT2D eigenvalue weighted by atomic mass is 9.97. The van der Waals surface area contributed by atoms with Crippen molar-refractivity contribution in [3.05, 3.63) is 78.9 Å². The molecule has 0 atom stereocenters. The Labute approximate surface area is 154 Å². The number of benzene rings is 3. The highest BCUT2D eigenvalue weighted by Gasteiger charge is 2.19. The Morgan fingerprint density at radius 2 is 1.19 bits per heavy atom. The topological polar surface area (TPSA) is 29.5 Å². The van der Waals surface area contributed by atoms with Gasteiger partial charge in [0, 0.05) is 24.2 Å². The Hall–Kier alpha value is -3.07. The van der Waals surface area contributed by atoms with E-state index < -0.39 is 0 Å². The summed E-state index contributed by atoms with van der Waals surface area (Å²) in [7, 11) is 0. The number of rotatable bonds is 5. The molecule has 3 aromatic carbocycles. The molecule has 0 fully saturated rings. The minimum atomic E-state index is -0.324. The van der Waals surface area contributed by atoms with Crippen LogP contribution in [0.15, 0.2) is 78.9 Å². The smallest absolute Gasteiger partial charge is 0.409 e. The molecule has 3 heteroatoms. The van der Waals surface area contributed by atoms with E-state index in [1.807, 2.05) is 92.7 Å². The summed E-state index contributed by atoms with van der Waals surface area (Å²) in [6.07, 6.45) is -0.324. The number of carbonyl (C=O) groups is 1. The van der Waals surface area contributed by atoms with E-state index in [4.69, 9.17) is 4.74 Å². The summed E-state index contributed by atoms with van der Waals surface area (Å²) in [6.45, 7) is 5.13. The third-order valence-corrected chi connectivity index (χ3v) is 4.40. The van der Waals surface area contributed by atoms with Crippen LogP contribution in [-0.4, -0.2) is 24.1 Å². The molecule has 0 aliphatic carbocycles. The van der Waals surface area contributed by atoms with Crippen LogP contribution in [-0.2, 0) is 0 Å². The van der Waals surface area contributed by atoms with Crippen molar-refractivity contribution in [2.24, 2.45) is 0 Å². The fourth-order valence-corrected chi connectivity index (χ4v) is 2.97. The van der Waals surface area contributed by atoms with Gasteiger partial charge in [0.25, 0.3) is 0 Å². The van der Waals surface area contributed by atoms with Crippen LogP contribution in [0.1, 0.15) is 13.8 Å². The van der Waals surface area contributed by atoms with Gasteiger partial charge in [0.1, 0.15) is 5.75 Å². The van der Waals surface area contributed by atoms with Gasteiger partial charge >= 0.3 is 6.09 Å². The van der Waals surface area contributed by atoms with Crippen LogP contribution >= 0.6 is 0 Å². The summed E-state index contributed by atoms with van der Waals surface area (Å²) in [5.74, 6) is 0.599. The van der Waals surface area contributed by atoms with Gasteiger partial charge in [-0.1, -0.05) is 78.9 Å². The first-order chi connectivity index (χ1) is 12.7. The molecule has 132 valence electrons. The molecule has 0 heterocycles. The highest BCUT2D eigenvalue weighted by molar-refractivity contribution is 5.86. The molecule has 3 aromatic rings. The van der Waals surface area contributed by atoms with E-state index >= 15 is 0 Å². The maximum Gasteiger partial charge on any atom is 0.415 e. The summed E-state index contributed by atoms with van der Waals surface area (Å²) in [4.78, 5) is 14.3. The molecule has 0 aliphatic heterocycles. The second-order valence-corrected chi connectivity index (χ2v) is 5.95. The summed E-state index contributed by atoms with van der Waals surface area (Å²) in [5.41, 5.74) is 3.86. The van der Waals surface area contributed by atoms with Crippen molar-refractivity contribution in [1.82, 2.24) is 4.90 Å². The van der Waals surface area contributed by atoms with Crippen LogP contribution in [0.4, 0.5) is 4.79 Å². The summed E-state index contributed by atoms with van der Waals surface area (Å²) in [5, 5.41) is 0. The van der Waals surface area contributed by atoms with Crippen molar-refractivity contribution < 1.29 is 9.53 Å². The van der Waals surface area contributed by atoms with Gasteiger partial charge in [-0.15, -0.1) is 0 Å².